The van der Waals surface area contributed by atoms with E-state index in [-0.39, 0.29) is 5.92 Å². The molecule has 4 nitrogen and oxygen atoms in total. The molecule has 0 spiro atoms. The van der Waals surface area contributed by atoms with Gasteiger partial charge in [0, 0.05) is 12.1 Å². The van der Waals surface area contributed by atoms with Crippen LogP contribution in [-0.2, 0) is 4.79 Å². The van der Waals surface area contributed by atoms with Crippen LogP contribution in [0.3, 0.4) is 0 Å². The van der Waals surface area contributed by atoms with Crippen LogP contribution < -0.4 is 5.84 Å². The molecule has 1 aromatic rings. The second-order valence-corrected chi connectivity index (χ2v) is 4.35. The van der Waals surface area contributed by atoms with Crippen LogP contribution in [0.1, 0.15) is 18.4 Å². The zero-order valence-electron chi connectivity index (χ0n) is 10.2. The van der Waals surface area contributed by atoms with Crippen LogP contribution in [-0.4, -0.2) is 22.1 Å². The van der Waals surface area contributed by atoms with Crippen molar-refractivity contribution < 1.29 is 9.90 Å². The quantitative estimate of drug-likeness (QED) is 0.797. The van der Waals surface area contributed by atoms with Crippen molar-refractivity contribution in [2.75, 3.05) is 0 Å². The minimum Gasteiger partial charge on any atom is -0.479 e. The number of benzene rings is 1. The summed E-state index contributed by atoms with van der Waals surface area (Å²) in [7, 11) is 0. The van der Waals surface area contributed by atoms with Crippen molar-refractivity contribution >= 4 is 5.97 Å². The summed E-state index contributed by atoms with van der Waals surface area (Å²) in [6, 6.07) is 9.25. The summed E-state index contributed by atoms with van der Waals surface area (Å²) in [5.74, 6) is 4.95. The molecule has 2 rings (SSSR count). The van der Waals surface area contributed by atoms with Crippen LogP contribution in [0.25, 0.3) is 0 Å². The van der Waals surface area contributed by atoms with Gasteiger partial charge in [-0.15, -0.1) is 0 Å². The maximum absolute atomic E-state index is 10.9. The minimum absolute atomic E-state index is 0.184. The van der Waals surface area contributed by atoms with E-state index in [9.17, 15) is 4.79 Å². The number of allylic oxidation sites excluding steroid dienone is 2. The lowest BCUT2D eigenvalue weighted by Crippen LogP contribution is -2.42. The molecule has 0 fully saturated rings. The Hall–Kier alpha value is -2.07. The van der Waals surface area contributed by atoms with Crippen molar-refractivity contribution in [1.82, 2.24) is 5.01 Å². The minimum atomic E-state index is -0.948. The number of aliphatic carboxylic acids is 1. The van der Waals surface area contributed by atoms with Crippen molar-refractivity contribution in [2.24, 2.45) is 5.84 Å². The molecule has 4 heteroatoms. The van der Waals surface area contributed by atoms with Crippen molar-refractivity contribution in [2.45, 2.75) is 18.9 Å². The van der Waals surface area contributed by atoms with Crippen molar-refractivity contribution in [3.63, 3.8) is 0 Å². The Kier molecular flexibility index (Phi) is 3.48. The fraction of sp³-hybridized carbons (Fsp3) is 0.214. The number of carboxylic acids is 1. The van der Waals surface area contributed by atoms with Gasteiger partial charge in [0.25, 0.3) is 0 Å². The predicted molar refractivity (Wildman–Crippen MR) is 69.5 cm³/mol. The summed E-state index contributed by atoms with van der Waals surface area (Å²) in [6.45, 7) is 2.07. The molecule has 2 atom stereocenters. The second kappa shape index (κ2) is 5.06. The van der Waals surface area contributed by atoms with E-state index in [2.05, 4.69) is 6.92 Å². The predicted octanol–water partition coefficient (Wildman–Crippen LogP) is 1.87. The van der Waals surface area contributed by atoms with Gasteiger partial charge < -0.3 is 5.11 Å². The topological polar surface area (TPSA) is 66.6 Å². The lowest BCUT2D eigenvalue weighted by Gasteiger charge is -2.26. The summed E-state index contributed by atoms with van der Waals surface area (Å²) in [6.07, 6.45) is 5.13. The summed E-state index contributed by atoms with van der Waals surface area (Å²) in [5.41, 5.74) is 2.18. The highest BCUT2D eigenvalue weighted by atomic mass is 16.4. The maximum Gasteiger partial charge on any atom is 0.331 e. The summed E-state index contributed by atoms with van der Waals surface area (Å²) in [5, 5.41) is 10.2. The lowest BCUT2D eigenvalue weighted by molar-refractivity contribution is -0.140. The molecule has 0 saturated heterocycles. The highest BCUT2D eigenvalue weighted by Gasteiger charge is 2.23. The van der Waals surface area contributed by atoms with Crippen LogP contribution in [0.15, 0.2) is 54.3 Å². The largest absolute Gasteiger partial charge is 0.479 e. The van der Waals surface area contributed by atoms with Gasteiger partial charge in [0.2, 0.25) is 0 Å². The first kappa shape index (κ1) is 12.4. The molecule has 1 heterocycles. The van der Waals surface area contributed by atoms with Gasteiger partial charge in [-0.2, -0.15) is 0 Å². The molecule has 0 radical (unpaired) electrons. The zero-order valence-corrected chi connectivity index (χ0v) is 10.2. The first-order valence-electron chi connectivity index (χ1n) is 5.80. The Balaban J connectivity index is 2.19. The van der Waals surface area contributed by atoms with Gasteiger partial charge in [-0.05, 0) is 17.2 Å². The molecule has 2 unspecified atom stereocenters. The molecular weight excluding hydrogens is 228 g/mol. The standard InChI is InChI=1S/C14H16N2O2/c1-10(11-5-3-2-4-6-11)12-7-8-13(14(17)18)16(15)9-12/h2-10,13H,15H2,1H3,(H,17,18). The second-order valence-electron chi connectivity index (χ2n) is 4.35. The Bertz CT molecular complexity index is 494. The Morgan fingerprint density at radius 2 is 2.06 bits per heavy atom. The van der Waals surface area contributed by atoms with E-state index in [0.717, 1.165) is 5.57 Å². The Morgan fingerprint density at radius 1 is 1.39 bits per heavy atom. The van der Waals surface area contributed by atoms with Crippen molar-refractivity contribution in [1.29, 1.82) is 0 Å². The first-order valence-corrected chi connectivity index (χ1v) is 5.80. The lowest BCUT2D eigenvalue weighted by atomic mass is 9.91. The molecule has 0 aliphatic carbocycles. The van der Waals surface area contributed by atoms with Crippen LogP contribution in [0.2, 0.25) is 0 Å². The van der Waals surface area contributed by atoms with Gasteiger partial charge in [0.05, 0.1) is 0 Å². The SMILES string of the molecule is CC(C1=CN(N)C(C(=O)O)C=C1)c1ccccc1. The number of carboxylic acid groups (broad SMARTS) is 1. The number of carbonyl (C=O) groups is 1. The number of nitrogens with two attached hydrogens (primary N) is 1. The zero-order chi connectivity index (χ0) is 13.1. The Morgan fingerprint density at radius 3 is 2.61 bits per heavy atom. The fourth-order valence-corrected chi connectivity index (χ4v) is 2.00. The fourth-order valence-electron chi connectivity index (χ4n) is 2.00. The molecule has 0 aromatic heterocycles. The van der Waals surface area contributed by atoms with Gasteiger partial charge in [-0.1, -0.05) is 43.3 Å². The summed E-state index contributed by atoms with van der Waals surface area (Å²) < 4.78 is 0. The van der Waals surface area contributed by atoms with Gasteiger partial charge in [0.15, 0.2) is 6.04 Å². The van der Waals surface area contributed by atoms with Crippen LogP contribution in [0.4, 0.5) is 0 Å². The molecular formula is C14H16N2O2. The Labute approximate surface area is 106 Å². The van der Waals surface area contributed by atoms with E-state index in [1.807, 2.05) is 36.4 Å². The maximum atomic E-state index is 10.9. The van der Waals surface area contributed by atoms with E-state index < -0.39 is 12.0 Å². The molecule has 0 bridgehead atoms. The van der Waals surface area contributed by atoms with Crippen LogP contribution in [0.5, 0.6) is 0 Å². The molecule has 0 saturated carbocycles. The third-order valence-corrected chi connectivity index (χ3v) is 3.14. The number of hydrogen-bond donors (Lipinski definition) is 2. The van der Waals surface area contributed by atoms with Gasteiger partial charge in [-0.3, -0.25) is 5.01 Å². The number of nitrogens with zero attached hydrogens (tertiary/aromatic N) is 1. The van der Waals surface area contributed by atoms with Crippen LogP contribution >= 0.6 is 0 Å². The van der Waals surface area contributed by atoms with E-state index in [1.54, 1.807) is 12.3 Å². The van der Waals surface area contributed by atoms with Crippen molar-refractivity contribution in [3.05, 3.63) is 59.8 Å². The average molecular weight is 244 g/mol. The highest BCUT2D eigenvalue weighted by molar-refractivity contribution is 5.76. The monoisotopic (exact) mass is 244 g/mol. The van der Waals surface area contributed by atoms with Gasteiger partial charge >= 0.3 is 5.97 Å². The average Bonchev–Trinajstić information content (AvgIpc) is 2.38. The molecule has 0 amide bonds. The molecule has 94 valence electrons. The summed E-state index contributed by atoms with van der Waals surface area (Å²) >= 11 is 0. The van der Waals surface area contributed by atoms with E-state index in [4.69, 9.17) is 10.9 Å². The molecule has 1 aliphatic heterocycles. The normalized spacial score (nSPS) is 20.4. The number of hydrogen-bond acceptors (Lipinski definition) is 3. The van der Waals surface area contributed by atoms with Gasteiger partial charge in [-0.25, -0.2) is 10.6 Å². The first-order chi connectivity index (χ1) is 8.59. The van der Waals surface area contributed by atoms with E-state index in [1.165, 1.54) is 10.6 Å². The molecule has 3 N–H and O–H groups in total. The van der Waals surface area contributed by atoms with Crippen LogP contribution in [0, 0.1) is 0 Å². The smallest absolute Gasteiger partial charge is 0.331 e. The summed E-state index contributed by atoms with van der Waals surface area (Å²) in [4.78, 5) is 10.9. The molecule has 1 aliphatic rings. The third-order valence-electron chi connectivity index (χ3n) is 3.14. The molecule has 18 heavy (non-hydrogen) atoms. The van der Waals surface area contributed by atoms with E-state index in [0.29, 0.717) is 0 Å². The third kappa shape index (κ3) is 2.43. The number of hydrazine groups is 1. The van der Waals surface area contributed by atoms with E-state index >= 15 is 0 Å². The van der Waals surface area contributed by atoms with Crippen molar-refractivity contribution in [3.8, 4) is 0 Å². The number of rotatable bonds is 3. The highest BCUT2D eigenvalue weighted by Crippen LogP contribution is 2.27. The molecule has 1 aromatic carbocycles. The van der Waals surface area contributed by atoms with Gasteiger partial charge in [0.1, 0.15) is 0 Å².